The second-order valence-corrected chi connectivity index (χ2v) is 6.11. The van der Waals surface area contributed by atoms with Crippen LogP contribution in [0.3, 0.4) is 0 Å². The number of carbonyl (C=O) groups excluding carboxylic acids is 3. The molecule has 0 spiro atoms. The Labute approximate surface area is 154 Å². The number of hydrogen-bond acceptors (Lipinski definition) is 8. The number of hydrogen-bond donors (Lipinski definition) is 1. The maximum Gasteiger partial charge on any atom is 0.373 e. The minimum atomic E-state index is -1.28. The Hall–Kier alpha value is -3.55. The van der Waals surface area contributed by atoms with E-state index in [9.17, 15) is 14.4 Å². The lowest BCUT2D eigenvalue weighted by molar-refractivity contribution is -0.222. The average Bonchev–Trinajstić information content (AvgIpc) is 3.10. The zero-order valence-corrected chi connectivity index (χ0v) is 14.9. The number of anilines is 1. The third-order valence-corrected chi connectivity index (χ3v) is 3.66. The molecule has 0 amide bonds. The molecule has 1 aliphatic heterocycles. The third kappa shape index (κ3) is 4.00. The number of esters is 3. The first kappa shape index (κ1) is 18.2. The lowest BCUT2D eigenvalue weighted by Gasteiger charge is -2.29. The van der Waals surface area contributed by atoms with E-state index in [1.54, 1.807) is 30.3 Å². The standard InChI is InChI=1S/C19H17NO7/c1-19(2)26-16(21)13(17(22)27-19)10-20-12-6-4-11(5-7-12)14-8-9-15(25-14)18(23)24-3/h4-10,20H,1-3H3. The molecule has 27 heavy (non-hydrogen) atoms. The van der Waals surface area contributed by atoms with Crippen LogP contribution in [-0.4, -0.2) is 30.8 Å². The number of rotatable bonds is 4. The van der Waals surface area contributed by atoms with Gasteiger partial charge in [0.05, 0.1) is 7.11 Å². The van der Waals surface area contributed by atoms with Crippen LogP contribution in [0.15, 0.2) is 52.6 Å². The monoisotopic (exact) mass is 371 g/mol. The van der Waals surface area contributed by atoms with Crippen molar-refractivity contribution in [2.45, 2.75) is 19.6 Å². The summed E-state index contributed by atoms with van der Waals surface area (Å²) < 4.78 is 20.1. The Bertz CT molecular complexity index is 900. The van der Waals surface area contributed by atoms with Crippen LogP contribution in [0.2, 0.25) is 0 Å². The van der Waals surface area contributed by atoms with Crippen molar-refractivity contribution in [3.63, 3.8) is 0 Å². The lowest BCUT2D eigenvalue weighted by Crippen LogP contribution is -2.42. The molecule has 1 aliphatic rings. The molecule has 0 unspecified atom stereocenters. The highest BCUT2D eigenvalue weighted by Gasteiger charge is 2.38. The zero-order chi connectivity index (χ0) is 19.6. The van der Waals surface area contributed by atoms with Gasteiger partial charge in [-0.2, -0.15) is 0 Å². The predicted molar refractivity (Wildman–Crippen MR) is 93.5 cm³/mol. The van der Waals surface area contributed by atoms with Crippen LogP contribution in [0.5, 0.6) is 0 Å². The Morgan fingerprint density at radius 1 is 1.04 bits per heavy atom. The number of cyclic esters (lactones) is 2. The summed E-state index contributed by atoms with van der Waals surface area (Å²) in [4.78, 5) is 35.2. The summed E-state index contributed by atoms with van der Waals surface area (Å²) >= 11 is 0. The number of methoxy groups -OCH3 is 1. The number of nitrogens with one attached hydrogen (secondary N) is 1. The summed E-state index contributed by atoms with van der Waals surface area (Å²) in [7, 11) is 1.28. The number of furan rings is 1. The molecular weight excluding hydrogens is 354 g/mol. The Balaban J connectivity index is 1.71. The van der Waals surface area contributed by atoms with Crippen LogP contribution in [0.1, 0.15) is 24.4 Å². The molecule has 1 aromatic heterocycles. The highest BCUT2D eigenvalue weighted by atomic mass is 16.7. The summed E-state index contributed by atoms with van der Waals surface area (Å²) in [5.74, 6) is -2.74. The van der Waals surface area contributed by atoms with E-state index in [4.69, 9.17) is 13.9 Å². The molecule has 1 fully saturated rings. The first-order valence-corrected chi connectivity index (χ1v) is 8.01. The highest BCUT2D eigenvalue weighted by molar-refractivity contribution is 6.15. The lowest BCUT2D eigenvalue weighted by atomic mass is 10.1. The van der Waals surface area contributed by atoms with E-state index in [-0.39, 0.29) is 11.3 Å². The fraction of sp³-hybridized carbons (Fsp3) is 0.211. The molecule has 0 aliphatic carbocycles. The van der Waals surface area contributed by atoms with Gasteiger partial charge in [0.25, 0.3) is 5.79 Å². The van der Waals surface area contributed by atoms with Crippen molar-refractivity contribution in [1.29, 1.82) is 0 Å². The van der Waals surface area contributed by atoms with Gasteiger partial charge in [-0.3, -0.25) is 0 Å². The summed E-state index contributed by atoms with van der Waals surface area (Å²) in [6.45, 7) is 2.96. The Kier molecular flexibility index (Phi) is 4.72. The van der Waals surface area contributed by atoms with Gasteiger partial charge < -0.3 is 23.9 Å². The third-order valence-electron chi connectivity index (χ3n) is 3.66. The zero-order valence-electron chi connectivity index (χ0n) is 14.9. The smallest absolute Gasteiger partial charge is 0.373 e. The average molecular weight is 371 g/mol. The van der Waals surface area contributed by atoms with Crippen molar-refractivity contribution < 1.29 is 33.0 Å². The van der Waals surface area contributed by atoms with Gasteiger partial charge in [-0.05, 0) is 36.4 Å². The van der Waals surface area contributed by atoms with Crippen molar-refractivity contribution in [2.75, 3.05) is 12.4 Å². The molecule has 0 atom stereocenters. The first-order valence-electron chi connectivity index (χ1n) is 8.01. The van der Waals surface area contributed by atoms with Gasteiger partial charge in [0.2, 0.25) is 5.76 Å². The van der Waals surface area contributed by atoms with Crippen molar-refractivity contribution in [3.05, 3.63) is 53.9 Å². The van der Waals surface area contributed by atoms with Crippen LogP contribution in [0, 0.1) is 0 Å². The van der Waals surface area contributed by atoms with E-state index in [1.165, 1.54) is 33.2 Å². The summed E-state index contributed by atoms with van der Waals surface area (Å²) in [5, 5.41) is 2.85. The minimum absolute atomic E-state index is 0.108. The fourth-order valence-corrected chi connectivity index (χ4v) is 2.37. The largest absolute Gasteiger partial charge is 0.463 e. The fourth-order valence-electron chi connectivity index (χ4n) is 2.37. The number of carbonyl (C=O) groups is 3. The maximum absolute atomic E-state index is 11.9. The summed E-state index contributed by atoms with van der Waals surface area (Å²) in [6, 6.07) is 10.1. The molecule has 0 radical (unpaired) electrons. The molecule has 2 heterocycles. The summed E-state index contributed by atoms with van der Waals surface area (Å²) in [6.07, 6.45) is 1.23. The van der Waals surface area contributed by atoms with E-state index in [1.807, 2.05) is 0 Å². The maximum atomic E-state index is 11.9. The molecule has 1 N–H and O–H groups in total. The highest BCUT2D eigenvalue weighted by Crippen LogP contribution is 2.25. The molecule has 0 bridgehead atoms. The molecule has 8 heteroatoms. The second kappa shape index (κ2) is 6.99. The number of benzene rings is 1. The van der Waals surface area contributed by atoms with Crippen molar-refractivity contribution >= 4 is 23.6 Å². The molecule has 0 saturated carbocycles. The van der Waals surface area contributed by atoms with Crippen LogP contribution in [-0.2, 0) is 23.8 Å². The quantitative estimate of drug-likeness (QED) is 0.497. The van der Waals surface area contributed by atoms with Gasteiger partial charge in [0, 0.05) is 31.3 Å². The molecule has 8 nitrogen and oxygen atoms in total. The van der Waals surface area contributed by atoms with Gasteiger partial charge in [0.1, 0.15) is 5.76 Å². The normalized spacial score (nSPS) is 15.6. The van der Waals surface area contributed by atoms with Crippen molar-refractivity contribution in [3.8, 4) is 11.3 Å². The van der Waals surface area contributed by atoms with Crippen LogP contribution in [0.25, 0.3) is 11.3 Å². The predicted octanol–water partition coefficient (Wildman–Crippen LogP) is 2.87. The summed E-state index contributed by atoms with van der Waals surface area (Å²) in [5.41, 5.74) is 1.13. The van der Waals surface area contributed by atoms with E-state index in [2.05, 4.69) is 10.1 Å². The SMILES string of the molecule is COC(=O)c1ccc(-c2ccc(NC=C3C(=O)OC(C)(C)OC3=O)cc2)o1. The Morgan fingerprint density at radius 2 is 1.67 bits per heavy atom. The molecular formula is C19H17NO7. The molecule has 2 aromatic rings. The second-order valence-electron chi connectivity index (χ2n) is 6.11. The van der Waals surface area contributed by atoms with Crippen LogP contribution in [0.4, 0.5) is 5.69 Å². The van der Waals surface area contributed by atoms with Crippen molar-refractivity contribution in [1.82, 2.24) is 0 Å². The van der Waals surface area contributed by atoms with Crippen molar-refractivity contribution in [2.24, 2.45) is 0 Å². The minimum Gasteiger partial charge on any atom is -0.463 e. The van der Waals surface area contributed by atoms with Gasteiger partial charge in [-0.25, -0.2) is 14.4 Å². The number of ether oxygens (including phenoxy) is 3. The van der Waals surface area contributed by atoms with Gasteiger partial charge in [-0.1, -0.05) is 0 Å². The van der Waals surface area contributed by atoms with E-state index >= 15 is 0 Å². The van der Waals surface area contributed by atoms with Gasteiger partial charge >= 0.3 is 17.9 Å². The van der Waals surface area contributed by atoms with E-state index in [0.717, 1.165) is 5.56 Å². The van der Waals surface area contributed by atoms with Gasteiger partial charge in [-0.15, -0.1) is 0 Å². The van der Waals surface area contributed by atoms with Gasteiger partial charge in [0.15, 0.2) is 5.57 Å². The van der Waals surface area contributed by atoms with Crippen LogP contribution < -0.4 is 5.32 Å². The van der Waals surface area contributed by atoms with Crippen LogP contribution >= 0.6 is 0 Å². The Morgan fingerprint density at radius 3 is 2.26 bits per heavy atom. The first-order chi connectivity index (χ1) is 12.8. The van der Waals surface area contributed by atoms with E-state index in [0.29, 0.717) is 11.4 Å². The molecule has 3 rings (SSSR count). The molecule has 1 aromatic carbocycles. The molecule has 1 saturated heterocycles. The van der Waals surface area contributed by atoms with E-state index < -0.39 is 23.7 Å². The molecule has 140 valence electrons. The topological polar surface area (TPSA) is 104 Å².